The molecule has 1 N–H and O–H groups in total. The molecule has 0 bridgehead atoms. The summed E-state index contributed by atoms with van der Waals surface area (Å²) in [6, 6.07) is 7.21. The molecule has 1 atom stereocenters. The molecule has 0 spiro atoms. The Morgan fingerprint density at radius 3 is 2.88 bits per heavy atom. The van der Waals surface area contributed by atoms with E-state index in [4.69, 9.17) is 6.42 Å². The van der Waals surface area contributed by atoms with E-state index in [1.54, 1.807) is 6.07 Å². The maximum Gasteiger partial charge on any atom is 0.136 e. The summed E-state index contributed by atoms with van der Waals surface area (Å²) < 4.78 is 13.4. The predicted octanol–water partition coefficient (Wildman–Crippen LogP) is 3.31. The van der Waals surface area contributed by atoms with Crippen LogP contribution in [0.5, 0.6) is 0 Å². The highest BCUT2D eigenvalue weighted by molar-refractivity contribution is 7.99. The molecule has 0 fully saturated rings. The molecule has 0 aromatic heterocycles. The van der Waals surface area contributed by atoms with Crippen molar-refractivity contribution in [1.82, 2.24) is 5.32 Å². The molecule has 1 nitrogen and oxygen atoms in total. The van der Waals surface area contributed by atoms with E-state index in [9.17, 15) is 4.39 Å². The minimum absolute atomic E-state index is 0.148. The van der Waals surface area contributed by atoms with Crippen LogP contribution in [0.25, 0.3) is 0 Å². The molecule has 1 unspecified atom stereocenters. The molecule has 92 valence electrons. The van der Waals surface area contributed by atoms with Crippen molar-refractivity contribution in [3.8, 4) is 12.3 Å². The van der Waals surface area contributed by atoms with Gasteiger partial charge in [-0.05, 0) is 25.1 Å². The van der Waals surface area contributed by atoms with Gasteiger partial charge in [-0.25, -0.2) is 4.39 Å². The highest BCUT2D eigenvalue weighted by Gasteiger charge is 2.09. The fraction of sp³-hybridized carbons (Fsp3) is 0.429. The van der Waals surface area contributed by atoms with E-state index < -0.39 is 0 Å². The van der Waals surface area contributed by atoms with Gasteiger partial charge < -0.3 is 5.32 Å². The van der Waals surface area contributed by atoms with Crippen LogP contribution in [0, 0.1) is 18.2 Å². The lowest BCUT2D eigenvalue weighted by Gasteiger charge is -2.16. The van der Waals surface area contributed by atoms with Gasteiger partial charge >= 0.3 is 0 Å². The zero-order chi connectivity index (χ0) is 12.5. The number of hydrogen-bond acceptors (Lipinski definition) is 2. The molecule has 0 saturated heterocycles. The predicted molar refractivity (Wildman–Crippen MR) is 72.7 cm³/mol. The highest BCUT2D eigenvalue weighted by Crippen LogP contribution is 2.22. The first-order valence-corrected chi connectivity index (χ1v) is 6.80. The van der Waals surface area contributed by atoms with Gasteiger partial charge in [-0.15, -0.1) is 24.1 Å². The third-order valence-electron chi connectivity index (χ3n) is 2.41. The molecule has 0 aliphatic heterocycles. The molecular weight excluding hydrogens is 233 g/mol. The first kappa shape index (κ1) is 14.1. The van der Waals surface area contributed by atoms with E-state index in [1.165, 1.54) is 17.8 Å². The minimum Gasteiger partial charge on any atom is -0.313 e. The Morgan fingerprint density at radius 2 is 2.24 bits per heavy atom. The standard InChI is InChI=1S/C14H18FNS/c1-3-5-8-12(16-4-2)11-17-14-10-7-6-9-13(14)15/h1,6-7,9-10,12,16H,4-5,8,11H2,2H3. The molecule has 1 rings (SSSR count). The van der Waals surface area contributed by atoms with Gasteiger partial charge in [0.2, 0.25) is 0 Å². The van der Waals surface area contributed by atoms with Crippen molar-refractivity contribution in [2.24, 2.45) is 0 Å². The van der Waals surface area contributed by atoms with Gasteiger partial charge in [0.1, 0.15) is 5.82 Å². The second kappa shape index (κ2) is 8.16. The van der Waals surface area contributed by atoms with E-state index in [2.05, 4.69) is 18.2 Å². The first-order valence-electron chi connectivity index (χ1n) is 5.82. The number of halogens is 1. The van der Waals surface area contributed by atoms with E-state index in [-0.39, 0.29) is 5.82 Å². The largest absolute Gasteiger partial charge is 0.313 e. The topological polar surface area (TPSA) is 12.0 Å². The van der Waals surface area contributed by atoms with E-state index in [0.29, 0.717) is 10.9 Å². The van der Waals surface area contributed by atoms with Gasteiger partial charge in [0.15, 0.2) is 0 Å². The lowest BCUT2D eigenvalue weighted by molar-refractivity contribution is 0.544. The summed E-state index contributed by atoms with van der Waals surface area (Å²) in [5.74, 6) is 3.34. The van der Waals surface area contributed by atoms with Crippen molar-refractivity contribution in [3.05, 3.63) is 30.1 Å². The van der Waals surface area contributed by atoms with Gasteiger partial charge in [0.25, 0.3) is 0 Å². The summed E-state index contributed by atoms with van der Waals surface area (Å²) >= 11 is 1.54. The third kappa shape index (κ3) is 5.25. The maximum atomic E-state index is 13.4. The molecule has 0 aliphatic carbocycles. The second-order valence-electron chi connectivity index (χ2n) is 3.74. The number of terminal acetylenes is 1. The molecule has 0 aliphatic rings. The normalized spacial score (nSPS) is 12.1. The van der Waals surface area contributed by atoms with E-state index in [1.807, 2.05) is 12.1 Å². The molecule has 1 aromatic carbocycles. The van der Waals surface area contributed by atoms with Crippen LogP contribution < -0.4 is 5.32 Å². The number of benzene rings is 1. The van der Waals surface area contributed by atoms with Crippen LogP contribution in [-0.2, 0) is 0 Å². The zero-order valence-corrected chi connectivity index (χ0v) is 10.9. The van der Waals surface area contributed by atoms with Gasteiger partial charge in [-0.2, -0.15) is 0 Å². The Kier molecular flexibility index (Phi) is 6.76. The Bertz CT molecular complexity index is 373. The highest BCUT2D eigenvalue weighted by atomic mass is 32.2. The monoisotopic (exact) mass is 251 g/mol. The maximum absolute atomic E-state index is 13.4. The quantitative estimate of drug-likeness (QED) is 0.589. The molecule has 0 heterocycles. The van der Waals surface area contributed by atoms with Crippen LogP contribution in [0.3, 0.4) is 0 Å². The summed E-state index contributed by atoms with van der Waals surface area (Å²) in [5, 5.41) is 3.37. The van der Waals surface area contributed by atoms with Crippen molar-refractivity contribution in [3.63, 3.8) is 0 Å². The number of hydrogen-bond donors (Lipinski definition) is 1. The van der Waals surface area contributed by atoms with Crippen LogP contribution in [0.4, 0.5) is 4.39 Å². The SMILES string of the molecule is C#CCCC(CSc1ccccc1F)NCC. The first-order chi connectivity index (χ1) is 8.27. The number of rotatable bonds is 7. The smallest absolute Gasteiger partial charge is 0.136 e. The third-order valence-corrected chi connectivity index (χ3v) is 3.62. The lowest BCUT2D eigenvalue weighted by Crippen LogP contribution is -2.31. The average Bonchev–Trinajstić information content (AvgIpc) is 2.34. The van der Waals surface area contributed by atoms with Crippen LogP contribution in [-0.4, -0.2) is 18.3 Å². The Balaban J connectivity index is 2.46. The molecule has 0 radical (unpaired) electrons. The zero-order valence-electron chi connectivity index (χ0n) is 10.1. The van der Waals surface area contributed by atoms with Crippen molar-refractivity contribution >= 4 is 11.8 Å². The fourth-order valence-electron chi connectivity index (χ4n) is 1.54. The Hall–Kier alpha value is -0.980. The molecule has 1 aromatic rings. The fourth-order valence-corrected chi connectivity index (χ4v) is 2.59. The van der Waals surface area contributed by atoms with Crippen molar-refractivity contribution in [1.29, 1.82) is 0 Å². The average molecular weight is 251 g/mol. The van der Waals surface area contributed by atoms with Crippen molar-refractivity contribution in [2.75, 3.05) is 12.3 Å². The molecular formula is C14H18FNS. The summed E-state index contributed by atoms with van der Waals surface area (Å²) in [6.45, 7) is 2.98. The van der Waals surface area contributed by atoms with Crippen molar-refractivity contribution < 1.29 is 4.39 Å². The van der Waals surface area contributed by atoms with E-state index in [0.717, 1.165) is 25.1 Å². The lowest BCUT2D eigenvalue weighted by atomic mass is 10.2. The number of thioether (sulfide) groups is 1. The number of nitrogens with one attached hydrogen (secondary N) is 1. The summed E-state index contributed by atoms with van der Waals surface area (Å²) in [5.41, 5.74) is 0. The van der Waals surface area contributed by atoms with E-state index >= 15 is 0 Å². The van der Waals surface area contributed by atoms with Gasteiger partial charge in [-0.3, -0.25) is 0 Å². The van der Waals surface area contributed by atoms with Gasteiger partial charge in [0.05, 0.1) is 0 Å². The molecule has 17 heavy (non-hydrogen) atoms. The van der Waals surface area contributed by atoms with Crippen LogP contribution in [0.15, 0.2) is 29.2 Å². The second-order valence-corrected chi connectivity index (χ2v) is 4.80. The van der Waals surface area contributed by atoms with Crippen LogP contribution >= 0.6 is 11.8 Å². The summed E-state index contributed by atoms with van der Waals surface area (Å²) in [4.78, 5) is 0.705. The molecule has 0 amide bonds. The molecule has 0 saturated carbocycles. The summed E-state index contributed by atoms with van der Waals surface area (Å²) in [7, 11) is 0. The molecule has 3 heteroatoms. The Labute approximate surface area is 107 Å². The van der Waals surface area contributed by atoms with Crippen molar-refractivity contribution in [2.45, 2.75) is 30.7 Å². The van der Waals surface area contributed by atoms with Crippen LogP contribution in [0.2, 0.25) is 0 Å². The summed E-state index contributed by atoms with van der Waals surface area (Å²) in [6.07, 6.45) is 6.96. The van der Waals surface area contributed by atoms with Gasteiger partial charge in [0, 0.05) is 23.1 Å². The minimum atomic E-state index is -0.148. The van der Waals surface area contributed by atoms with Crippen LogP contribution in [0.1, 0.15) is 19.8 Å². The van der Waals surface area contributed by atoms with Gasteiger partial charge in [-0.1, -0.05) is 19.1 Å². The Morgan fingerprint density at radius 1 is 1.47 bits per heavy atom.